The maximum absolute atomic E-state index is 12.3. The second-order valence-corrected chi connectivity index (χ2v) is 4.58. The summed E-state index contributed by atoms with van der Waals surface area (Å²) < 4.78 is 36.9. The minimum atomic E-state index is -4.83. The van der Waals surface area contributed by atoms with Crippen LogP contribution in [-0.4, -0.2) is 12.0 Å². The number of carbonyl (C=O) groups is 1. The number of rotatable bonds is 3. The third-order valence-corrected chi connectivity index (χ3v) is 3.23. The van der Waals surface area contributed by atoms with Gasteiger partial charge in [0.05, 0.1) is 0 Å². The van der Waals surface area contributed by atoms with E-state index in [1.807, 2.05) is 37.3 Å². The molecule has 2 aromatic carbocycles. The maximum atomic E-state index is 12.3. The summed E-state index contributed by atoms with van der Waals surface area (Å²) in [4.78, 5) is 11.1. The van der Waals surface area contributed by atoms with Crippen LogP contribution >= 0.6 is 0 Å². The standard InChI is InChI=1S/C16H13F3O/c1-11(12-5-3-2-4-6-12)13-7-9-14(10-8-13)15(20)16(17,18)19/h2-11H,1H3. The van der Waals surface area contributed by atoms with Gasteiger partial charge in [-0.3, -0.25) is 4.79 Å². The van der Waals surface area contributed by atoms with Gasteiger partial charge in [0.15, 0.2) is 0 Å². The Balaban J connectivity index is 2.23. The number of benzene rings is 2. The SMILES string of the molecule is CC(c1ccccc1)c1ccc(C(=O)C(F)(F)F)cc1. The molecule has 4 heteroatoms. The second kappa shape index (κ2) is 5.49. The summed E-state index contributed by atoms with van der Waals surface area (Å²) in [6, 6.07) is 15.2. The molecule has 0 aliphatic carbocycles. The van der Waals surface area contributed by atoms with Gasteiger partial charge in [0, 0.05) is 11.5 Å². The molecule has 0 amide bonds. The largest absolute Gasteiger partial charge is 0.454 e. The normalized spacial score (nSPS) is 13.0. The van der Waals surface area contributed by atoms with E-state index in [9.17, 15) is 18.0 Å². The van der Waals surface area contributed by atoms with Crippen molar-refractivity contribution in [2.24, 2.45) is 0 Å². The lowest BCUT2D eigenvalue weighted by atomic mass is 9.92. The van der Waals surface area contributed by atoms with Crippen LogP contribution in [0.15, 0.2) is 54.6 Å². The van der Waals surface area contributed by atoms with Gasteiger partial charge in [-0.15, -0.1) is 0 Å². The number of hydrogen-bond acceptors (Lipinski definition) is 1. The molecule has 1 atom stereocenters. The summed E-state index contributed by atoms with van der Waals surface area (Å²) in [6.45, 7) is 1.97. The van der Waals surface area contributed by atoms with E-state index >= 15 is 0 Å². The van der Waals surface area contributed by atoms with Crippen molar-refractivity contribution >= 4 is 5.78 Å². The first-order valence-corrected chi connectivity index (χ1v) is 6.16. The van der Waals surface area contributed by atoms with Gasteiger partial charge in [-0.25, -0.2) is 0 Å². The zero-order valence-electron chi connectivity index (χ0n) is 10.8. The topological polar surface area (TPSA) is 17.1 Å². The lowest BCUT2D eigenvalue weighted by Gasteiger charge is -2.13. The van der Waals surface area contributed by atoms with E-state index in [-0.39, 0.29) is 11.5 Å². The number of halogens is 3. The quantitative estimate of drug-likeness (QED) is 0.751. The van der Waals surface area contributed by atoms with Crippen molar-refractivity contribution < 1.29 is 18.0 Å². The van der Waals surface area contributed by atoms with Crippen LogP contribution in [0.2, 0.25) is 0 Å². The van der Waals surface area contributed by atoms with Crippen LogP contribution in [0.1, 0.15) is 34.3 Å². The van der Waals surface area contributed by atoms with Crippen LogP contribution in [-0.2, 0) is 0 Å². The van der Waals surface area contributed by atoms with Crippen molar-refractivity contribution in [3.05, 3.63) is 71.3 Å². The van der Waals surface area contributed by atoms with E-state index in [0.717, 1.165) is 11.1 Å². The molecular formula is C16H13F3O. The monoisotopic (exact) mass is 278 g/mol. The van der Waals surface area contributed by atoms with E-state index in [2.05, 4.69) is 0 Å². The van der Waals surface area contributed by atoms with E-state index in [4.69, 9.17) is 0 Å². The van der Waals surface area contributed by atoms with E-state index in [0.29, 0.717) is 0 Å². The Bertz CT molecular complexity index is 585. The average molecular weight is 278 g/mol. The highest BCUT2D eigenvalue weighted by molar-refractivity contribution is 6.00. The Hall–Kier alpha value is -2.10. The average Bonchev–Trinajstić information content (AvgIpc) is 2.46. The highest BCUT2D eigenvalue weighted by atomic mass is 19.4. The van der Waals surface area contributed by atoms with Crippen molar-refractivity contribution in [2.45, 2.75) is 19.0 Å². The molecule has 0 heterocycles. The van der Waals surface area contributed by atoms with Gasteiger partial charge in [0.25, 0.3) is 5.78 Å². The van der Waals surface area contributed by atoms with Gasteiger partial charge >= 0.3 is 6.18 Å². The van der Waals surface area contributed by atoms with Gasteiger partial charge in [-0.05, 0) is 11.1 Å². The summed E-state index contributed by atoms with van der Waals surface area (Å²) in [5.41, 5.74) is 1.61. The fourth-order valence-electron chi connectivity index (χ4n) is 2.02. The number of ketones is 1. The van der Waals surface area contributed by atoms with Crippen molar-refractivity contribution in [3.63, 3.8) is 0 Å². The fourth-order valence-corrected chi connectivity index (χ4v) is 2.02. The number of carbonyl (C=O) groups excluding carboxylic acids is 1. The van der Waals surface area contributed by atoms with Crippen LogP contribution in [0.3, 0.4) is 0 Å². The molecule has 0 aliphatic rings. The molecule has 0 aromatic heterocycles. The Morgan fingerprint density at radius 3 is 1.90 bits per heavy atom. The summed E-state index contributed by atoms with van der Waals surface area (Å²) >= 11 is 0. The molecule has 0 radical (unpaired) electrons. The van der Waals surface area contributed by atoms with Crippen molar-refractivity contribution in [2.75, 3.05) is 0 Å². The zero-order valence-corrected chi connectivity index (χ0v) is 10.8. The summed E-state index contributed by atoms with van der Waals surface area (Å²) in [6.07, 6.45) is -4.83. The lowest BCUT2D eigenvalue weighted by Crippen LogP contribution is -2.22. The van der Waals surface area contributed by atoms with Crippen molar-refractivity contribution in [1.29, 1.82) is 0 Å². The number of Topliss-reactive ketones (excluding diaryl/α,β-unsaturated/α-hetero) is 1. The zero-order chi connectivity index (χ0) is 14.8. The molecule has 1 nitrogen and oxygen atoms in total. The Labute approximate surface area is 115 Å². The van der Waals surface area contributed by atoms with Gasteiger partial charge in [0.1, 0.15) is 0 Å². The van der Waals surface area contributed by atoms with Crippen LogP contribution < -0.4 is 0 Å². The minimum Gasteiger partial charge on any atom is -0.284 e. The van der Waals surface area contributed by atoms with Gasteiger partial charge in [-0.1, -0.05) is 61.5 Å². The number of hydrogen-bond donors (Lipinski definition) is 0. The lowest BCUT2D eigenvalue weighted by molar-refractivity contribution is -0.0885. The molecule has 0 aliphatic heterocycles. The minimum absolute atomic E-state index is 0.0613. The molecule has 0 bridgehead atoms. The van der Waals surface area contributed by atoms with Crippen LogP contribution in [0.4, 0.5) is 13.2 Å². The van der Waals surface area contributed by atoms with Crippen molar-refractivity contribution in [3.8, 4) is 0 Å². The Kier molecular flexibility index (Phi) is 3.93. The van der Waals surface area contributed by atoms with Crippen LogP contribution in [0.5, 0.6) is 0 Å². The second-order valence-electron chi connectivity index (χ2n) is 4.58. The highest BCUT2D eigenvalue weighted by Gasteiger charge is 2.39. The van der Waals surface area contributed by atoms with E-state index < -0.39 is 12.0 Å². The van der Waals surface area contributed by atoms with Crippen molar-refractivity contribution in [1.82, 2.24) is 0 Å². The molecular weight excluding hydrogens is 265 g/mol. The predicted molar refractivity (Wildman–Crippen MR) is 70.8 cm³/mol. The van der Waals surface area contributed by atoms with E-state index in [1.54, 1.807) is 12.1 Å². The Morgan fingerprint density at radius 1 is 0.900 bits per heavy atom. The van der Waals surface area contributed by atoms with Gasteiger partial charge in [-0.2, -0.15) is 13.2 Å². The molecule has 20 heavy (non-hydrogen) atoms. The van der Waals surface area contributed by atoms with Crippen LogP contribution in [0.25, 0.3) is 0 Å². The smallest absolute Gasteiger partial charge is 0.284 e. The molecule has 1 unspecified atom stereocenters. The molecule has 2 aromatic rings. The molecule has 0 spiro atoms. The first-order valence-electron chi connectivity index (χ1n) is 6.16. The van der Waals surface area contributed by atoms with Crippen LogP contribution in [0, 0.1) is 0 Å². The van der Waals surface area contributed by atoms with E-state index in [1.165, 1.54) is 12.1 Å². The highest BCUT2D eigenvalue weighted by Crippen LogP contribution is 2.26. The summed E-state index contributed by atoms with van der Waals surface area (Å²) in [5.74, 6) is -1.75. The number of alkyl halides is 3. The first-order chi connectivity index (χ1) is 9.39. The Morgan fingerprint density at radius 2 is 1.40 bits per heavy atom. The molecule has 0 saturated heterocycles. The molecule has 104 valence electrons. The molecule has 2 rings (SSSR count). The fraction of sp³-hybridized carbons (Fsp3) is 0.188. The maximum Gasteiger partial charge on any atom is 0.454 e. The molecule has 0 fully saturated rings. The third kappa shape index (κ3) is 3.07. The van der Waals surface area contributed by atoms with Gasteiger partial charge < -0.3 is 0 Å². The third-order valence-electron chi connectivity index (χ3n) is 3.23. The van der Waals surface area contributed by atoms with Gasteiger partial charge in [0.2, 0.25) is 0 Å². The summed E-state index contributed by atoms with van der Waals surface area (Å²) in [7, 11) is 0. The molecule has 0 saturated carbocycles. The molecule has 0 N–H and O–H groups in total. The first kappa shape index (κ1) is 14.3. The predicted octanol–water partition coefficient (Wildman–Crippen LogP) is 4.58. The summed E-state index contributed by atoms with van der Waals surface area (Å²) in [5, 5.41) is 0.